The zero-order chi connectivity index (χ0) is 12.3. The molecule has 102 valence electrons. The zero-order valence-corrected chi connectivity index (χ0v) is 11.5. The van der Waals surface area contributed by atoms with Crippen LogP contribution in [0.25, 0.3) is 0 Å². The topological polar surface area (TPSA) is 38.5 Å². The molecule has 0 spiro atoms. The summed E-state index contributed by atoms with van der Waals surface area (Å²) in [5, 5.41) is 0. The van der Waals surface area contributed by atoms with Crippen molar-refractivity contribution in [3.63, 3.8) is 0 Å². The Bertz CT molecular complexity index is 168. The summed E-state index contributed by atoms with van der Waals surface area (Å²) in [7, 11) is 0. The fourth-order valence-corrected chi connectivity index (χ4v) is 2.55. The van der Waals surface area contributed by atoms with Gasteiger partial charge in [-0.15, -0.1) is 0 Å². The van der Waals surface area contributed by atoms with E-state index in [4.69, 9.17) is 10.5 Å². The average molecular weight is 242 g/mol. The largest absolute Gasteiger partial charge is 0.378 e. The third-order valence-electron chi connectivity index (χ3n) is 3.62. The molecule has 1 rings (SSSR count). The number of hydrogen-bond acceptors (Lipinski definition) is 3. The first kappa shape index (κ1) is 14.9. The molecule has 0 bridgehead atoms. The van der Waals surface area contributed by atoms with E-state index in [0.29, 0.717) is 6.10 Å². The summed E-state index contributed by atoms with van der Waals surface area (Å²) in [6, 6.07) is 0. The molecule has 2 N–H and O–H groups in total. The molecule has 1 fully saturated rings. The fourth-order valence-electron chi connectivity index (χ4n) is 2.55. The fraction of sp³-hybridized carbons (Fsp3) is 1.00. The molecule has 17 heavy (non-hydrogen) atoms. The van der Waals surface area contributed by atoms with Gasteiger partial charge in [0.05, 0.1) is 6.10 Å². The lowest BCUT2D eigenvalue weighted by Gasteiger charge is -2.31. The van der Waals surface area contributed by atoms with E-state index in [2.05, 4.69) is 11.8 Å². The molecule has 1 saturated heterocycles. The second-order valence-corrected chi connectivity index (χ2v) is 5.05. The van der Waals surface area contributed by atoms with Crippen LogP contribution in [0.15, 0.2) is 0 Å². The maximum Gasteiger partial charge on any atom is 0.0599 e. The first-order valence-corrected chi connectivity index (χ1v) is 7.40. The predicted octanol–water partition coefficient (Wildman–Crippen LogP) is 2.40. The molecule has 0 saturated carbocycles. The van der Waals surface area contributed by atoms with Crippen LogP contribution in [-0.2, 0) is 4.74 Å². The first-order valence-electron chi connectivity index (χ1n) is 7.40. The van der Waals surface area contributed by atoms with Crippen LogP contribution in [0.2, 0.25) is 0 Å². The van der Waals surface area contributed by atoms with Crippen molar-refractivity contribution in [2.24, 2.45) is 5.73 Å². The zero-order valence-electron chi connectivity index (χ0n) is 11.5. The van der Waals surface area contributed by atoms with Crippen molar-refractivity contribution in [2.45, 2.75) is 58.0 Å². The quantitative estimate of drug-likeness (QED) is 0.631. The normalized spacial score (nSPS) is 18.7. The number of piperidine rings is 1. The smallest absolute Gasteiger partial charge is 0.0599 e. The lowest BCUT2D eigenvalue weighted by Crippen LogP contribution is -2.37. The molecule has 0 aliphatic carbocycles. The van der Waals surface area contributed by atoms with Crippen molar-refractivity contribution in [1.82, 2.24) is 4.90 Å². The lowest BCUT2D eigenvalue weighted by molar-refractivity contribution is 0.0140. The van der Waals surface area contributed by atoms with E-state index in [1.54, 1.807) is 0 Å². The van der Waals surface area contributed by atoms with Gasteiger partial charge >= 0.3 is 0 Å². The maximum atomic E-state index is 5.66. The summed E-state index contributed by atoms with van der Waals surface area (Å²) in [6.07, 6.45) is 9.55. The molecular weight excluding hydrogens is 212 g/mol. The number of nitrogens with zero attached hydrogens (tertiary/aromatic N) is 1. The maximum absolute atomic E-state index is 5.66. The van der Waals surface area contributed by atoms with E-state index in [-0.39, 0.29) is 0 Å². The van der Waals surface area contributed by atoms with Gasteiger partial charge in [-0.1, -0.05) is 19.3 Å². The standard InChI is InChI=1S/C14H30N2O/c1-2-17-14-8-12-16(13-9-14)11-7-5-3-4-6-10-15/h14H,2-13,15H2,1H3. The molecule has 0 unspecified atom stereocenters. The second-order valence-electron chi connectivity index (χ2n) is 5.05. The second kappa shape index (κ2) is 9.86. The summed E-state index contributed by atoms with van der Waals surface area (Å²) in [6.45, 7) is 7.55. The van der Waals surface area contributed by atoms with Crippen LogP contribution in [0.4, 0.5) is 0 Å². The van der Waals surface area contributed by atoms with Crippen LogP contribution in [0.5, 0.6) is 0 Å². The van der Waals surface area contributed by atoms with Gasteiger partial charge in [-0.25, -0.2) is 0 Å². The number of ether oxygens (including phenoxy) is 1. The van der Waals surface area contributed by atoms with Crippen molar-refractivity contribution in [3.8, 4) is 0 Å². The van der Waals surface area contributed by atoms with Crippen LogP contribution in [0, 0.1) is 0 Å². The summed E-state index contributed by atoms with van der Waals surface area (Å²) in [5.41, 5.74) is 5.48. The number of hydrogen-bond donors (Lipinski definition) is 1. The van der Waals surface area contributed by atoms with Crippen LogP contribution < -0.4 is 5.73 Å². The van der Waals surface area contributed by atoms with Crippen molar-refractivity contribution in [1.29, 1.82) is 0 Å². The van der Waals surface area contributed by atoms with E-state index in [9.17, 15) is 0 Å². The van der Waals surface area contributed by atoms with E-state index in [1.807, 2.05) is 0 Å². The Balaban J connectivity index is 1.91. The van der Waals surface area contributed by atoms with Gasteiger partial charge in [0, 0.05) is 19.7 Å². The van der Waals surface area contributed by atoms with E-state index < -0.39 is 0 Å². The molecule has 0 aromatic rings. The Morgan fingerprint density at radius 2 is 1.71 bits per heavy atom. The number of rotatable bonds is 9. The Morgan fingerprint density at radius 3 is 2.35 bits per heavy atom. The molecule has 1 aliphatic rings. The summed E-state index contributed by atoms with van der Waals surface area (Å²) >= 11 is 0. The van der Waals surface area contributed by atoms with Gasteiger partial charge in [-0.2, -0.15) is 0 Å². The highest BCUT2D eigenvalue weighted by atomic mass is 16.5. The van der Waals surface area contributed by atoms with Gasteiger partial charge in [0.1, 0.15) is 0 Å². The van der Waals surface area contributed by atoms with Crippen LogP contribution in [0.1, 0.15) is 51.9 Å². The summed E-state index contributed by atoms with van der Waals surface area (Å²) in [5.74, 6) is 0. The Labute approximate surface area is 107 Å². The van der Waals surface area contributed by atoms with E-state index in [1.165, 1.54) is 64.6 Å². The molecule has 1 heterocycles. The highest BCUT2D eigenvalue weighted by Gasteiger charge is 2.18. The minimum Gasteiger partial charge on any atom is -0.378 e. The van der Waals surface area contributed by atoms with Gasteiger partial charge in [0.25, 0.3) is 0 Å². The van der Waals surface area contributed by atoms with E-state index in [0.717, 1.165) is 13.2 Å². The van der Waals surface area contributed by atoms with Crippen LogP contribution in [-0.4, -0.2) is 43.8 Å². The Hall–Kier alpha value is -0.120. The molecule has 0 atom stereocenters. The third-order valence-corrected chi connectivity index (χ3v) is 3.62. The molecule has 0 aromatic carbocycles. The Morgan fingerprint density at radius 1 is 1.06 bits per heavy atom. The van der Waals surface area contributed by atoms with Gasteiger partial charge < -0.3 is 15.4 Å². The monoisotopic (exact) mass is 242 g/mol. The highest BCUT2D eigenvalue weighted by molar-refractivity contribution is 4.72. The first-order chi connectivity index (χ1) is 8.36. The summed E-state index contributed by atoms with van der Waals surface area (Å²) in [4.78, 5) is 2.60. The van der Waals surface area contributed by atoms with Gasteiger partial charge in [0.2, 0.25) is 0 Å². The number of unbranched alkanes of at least 4 members (excludes halogenated alkanes) is 4. The molecule has 3 heteroatoms. The van der Waals surface area contributed by atoms with Crippen molar-refractivity contribution < 1.29 is 4.74 Å². The van der Waals surface area contributed by atoms with Crippen molar-refractivity contribution >= 4 is 0 Å². The van der Waals surface area contributed by atoms with Crippen molar-refractivity contribution in [2.75, 3.05) is 32.8 Å². The molecular formula is C14H30N2O. The Kier molecular flexibility index (Phi) is 8.67. The van der Waals surface area contributed by atoms with Gasteiger partial charge in [-0.3, -0.25) is 0 Å². The summed E-state index contributed by atoms with van der Waals surface area (Å²) < 4.78 is 5.66. The highest BCUT2D eigenvalue weighted by Crippen LogP contribution is 2.14. The van der Waals surface area contributed by atoms with Gasteiger partial charge in [0.15, 0.2) is 0 Å². The number of nitrogens with two attached hydrogens (primary N) is 1. The van der Waals surface area contributed by atoms with Crippen LogP contribution in [0.3, 0.4) is 0 Å². The van der Waals surface area contributed by atoms with E-state index >= 15 is 0 Å². The SMILES string of the molecule is CCOC1CCN(CCCCCCCN)CC1. The number of likely N-dealkylation sites (tertiary alicyclic amines) is 1. The minimum atomic E-state index is 0.529. The molecule has 0 amide bonds. The van der Waals surface area contributed by atoms with Gasteiger partial charge in [-0.05, 0) is 45.7 Å². The molecule has 1 aliphatic heterocycles. The molecule has 0 radical (unpaired) electrons. The minimum absolute atomic E-state index is 0.529. The lowest BCUT2D eigenvalue weighted by atomic mass is 10.1. The van der Waals surface area contributed by atoms with Crippen LogP contribution >= 0.6 is 0 Å². The molecule has 0 aromatic heterocycles. The predicted molar refractivity (Wildman–Crippen MR) is 73.2 cm³/mol. The van der Waals surface area contributed by atoms with Crippen molar-refractivity contribution in [3.05, 3.63) is 0 Å². The molecule has 3 nitrogen and oxygen atoms in total. The third kappa shape index (κ3) is 7.02. The average Bonchev–Trinajstić information content (AvgIpc) is 2.36.